The average Bonchev–Trinajstić information content (AvgIpc) is 3.03. The van der Waals surface area contributed by atoms with Crippen LogP contribution in [0, 0.1) is 0 Å². The minimum atomic E-state index is -0.876. The molecule has 0 aromatic heterocycles. The van der Waals surface area contributed by atoms with Crippen molar-refractivity contribution in [2.75, 3.05) is 26.4 Å². The van der Waals surface area contributed by atoms with Gasteiger partial charge in [-0.3, -0.25) is 0 Å². The summed E-state index contributed by atoms with van der Waals surface area (Å²) in [6.45, 7) is 2.22. The topological polar surface area (TPSA) is 68.2 Å². The van der Waals surface area contributed by atoms with Gasteiger partial charge in [-0.2, -0.15) is 0 Å². The number of hydrogen-bond donors (Lipinski definition) is 1. The molecule has 2 aliphatic heterocycles. The van der Waals surface area contributed by atoms with E-state index in [9.17, 15) is 9.90 Å². The smallest absolute Gasteiger partial charge is 0.407 e. The Morgan fingerprint density at radius 2 is 1.96 bits per heavy atom. The monoisotopic (exact) mass is 349 g/mol. The Hall–Kier alpha value is -1.63. The Labute approximate surface area is 148 Å². The van der Waals surface area contributed by atoms with Gasteiger partial charge in [0.2, 0.25) is 0 Å². The lowest BCUT2D eigenvalue weighted by Crippen LogP contribution is -2.41. The first-order valence-corrected chi connectivity index (χ1v) is 9.12. The second-order valence-corrected chi connectivity index (χ2v) is 6.60. The Morgan fingerprint density at radius 3 is 2.68 bits per heavy atom. The van der Waals surface area contributed by atoms with Gasteiger partial charge in [-0.1, -0.05) is 30.3 Å². The molecule has 6 nitrogen and oxygen atoms in total. The summed E-state index contributed by atoms with van der Waals surface area (Å²) >= 11 is 0. The summed E-state index contributed by atoms with van der Waals surface area (Å²) < 4.78 is 17.2. The van der Waals surface area contributed by atoms with Crippen molar-refractivity contribution in [1.82, 2.24) is 4.90 Å². The van der Waals surface area contributed by atoms with Crippen LogP contribution in [0.1, 0.15) is 31.2 Å². The summed E-state index contributed by atoms with van der Waals surface area (Å²) in [7, 11) is 0. The maximum absolute atomic E-state index is 11.5. The van der Waals surface area contributed by atoms with E-state index in [-0.39, 0.29) is 18.4 Å². The standard InChI is InChI=1S/C19H27NO5/c21-19(22)20-10-9-17(16(20)14-15-6-2-1-3-7-15)23-12-13-25-18-8-4-5-11-24-18/h1-3,6-7,16-18H,4-5,8-14H2,(H,21,22)/t16-,17?,18?/m1/s1. The van der Waals surface area contributed by atoms with Gasteiger partial charge in [-0.05, 0) is 37.7 Å². The maximum atomic E-state index is 11.5. The van der Waals surface area contributed by atoms with Crippen molar-refractivity contribution in [2.45, 2.75) is 50.5 Å². The molecular formula is C19H27NO5. The fourth-order valence-electron chi connectivity index (χ4n) is 3.58. The van der Waals surface area contributed by atoms with Crippen LogP contribution in [0.25, 0.3) is 0 Å². The molecule has 3 rings (SSSR count). The molecule has 2 aliphatic rings. The molecular weight excluding hydrogens is 322 g/mol. The molecule has 1 amide bonds. The van der Waals surface area contributed by atoms with Gasteiger partial charge in [-0.15, -0.1) is 0 Å². The van der Waals surface area contributed by atoms with E-state index in [0.29, 0.717) is 26.2 Å². The maximum Gasteiger partial charge on any atom is 0.407 e. The van der Waals surface area contributed by atoms with Crippen molar-refractivity contribution < 1.29 is 24.1 Å². The van der Waals surface area contributed by atoms with Gasteiger partial charge in [0.1, 0.15) is 0 Å². The van der Waals surface area contributed by atoms with Crippen molar-refractivity contribution in [3.8, 4) is 0 Å². The van der Waals surface area contributed by atoms with Crippen molar-refractivity contribution in [1.29, 1.82) is 0 Å². The first kappa shape index (κ1) is 18.2. The van der Waals surface area contributed by atoms with E-state index in [1.165, 1.54) is 4.90 Å². The lowest BCUT2D eigenvalue weighted by molar-refractivity contribution is -0.171. The van der Waals surface area contributed by atoms with Crippen LogP contribution in [-0.2, 0) is 20.6 Å². The second-order valence-electron chi connectivity index (χ2n) is 6.60. The minimum absolute atomic E-state index is 0.0906. The molecule has 1 N–H and O–H groups in total. The SMILES string of the molecule is O=C(O)N1CCC(OCCOC2CCCCO2)[C@H]1Cc1ccccc1. The van der Waals surface area contributed by atoms with Crippen LogP contribution in [-0.4, -0.2) is 60.9 Å². The van der Waals surface area contributed by atoms with Gasteiger partial charge in [0, 0.05) is 13.2 Å². The Kier molecular flexibility index (Phi) is 6.67. The van der Waals surface area contributed by atoms with E-state index in [2.05, 4.69) is 0 Å². The molecule has 2 saturated heterocycles. The molecule has 0 radical (unpaired) electrons. The Balaban J connectivity index is 1.49. The van der Waals surface area contributed by atoms with Crippen LogP contribution < -0.4 is 0 Å². The normalized spacial score (nSPS) is 26.7. The number of amides is 1. The molecule has 138 valence electrons. The molecule has 0 bridgehead atoms. The lowest BCUT2D eigenvalue weighted by Gasteiger charge is -2.27. The number of nitrogens with zero attached hydrogens (tertiary/aromatic N) is 1. The third kappa shape index (κ3) is 5.17. The van der Waals surface area contributed by atoms with Crippen LogP contribution >= 0.6 is 0 Å². The van der Waals surface area contributed by atoms with Crippen molar-refractivity contribution >= 4 is 6.09 Å². The predicted molar refractivity (Wildman–Crippen MR) is 92.6 cm³/mol. The zero-order valence-corrected chi connectivity index (χ0v) is 14.5. The minimum Gasteiger partial charge on any atom is -0.465 e. The molecule has 0 saturated carbocycles. The fourth-order valence-corrected chi connectivity index (χ4v) is 3.58. The number of likely N-dealkylation sites (tertiary alicyclic amines) is 1. The highest BCUT2D eigenvalue weighted by Crippen LogP contribution is 2.24. The highest BCUT2D eigenvalue weighted by molar-refractivity contribution is 5.66. The van der Waals surface area contributed by atoms with Crippen LogP contribution in [0.15, 0.2) is 30.3 Å². The highest BCUT2D eigenvalue weighted by atomic mass is 16.7. The molecule has 1 aromatic rings. The molecule has 25 heavy (non-hydrogen) atoms. The first-order chi connectivity index (χ1) is 12.2. The summed E-state index contributed by atoms with van der Waals surface area (Å²) in [6.07, 6.45) is 3.49. The molecule has 6 heteroatoms. The zero-order chi connectivity index (χ0) is 17.5. The Bertz CT molecular complexity index is 532. The van der Waals surface area contributed by atoms with Gasteiger partial charge in [0.25, 0.3) is 0 Å². The second kappa shape index (κ2) is 9.17. The molecule has 0 aliphatic carbocycles. The summed E-state index contributed by atoms with van der Waals surface area (Å²) in [5.41, 5.74) is 1.13. The van der Waals surface area contributed by atoms with Crippen LogP contribution in [0.4, 0.5) is 4.79 Å². The number of rotatable bonds is 7. The molecule has 2 unspecified atom stereocenters. The molecule has 0 spiro atoms. The summed E-state index contributed by atoms with van der Waals surface area (Å²) in [4.78, 5) is 13.0. The van der Waals surface area contributed by atoms with E-state index < -0.39 is 6.09 Å². The van der Waals surface area contributed by atoms with Crippen molar-refractivity contribution in [3.05, 3.63) is 35.9 Å². The van der Waals surface area contributed by atoms with E-state index in [4.69, 9.17) is 14.2 Å². The van der Waals surface area contributed by atoms with Gasteiger partial charge in [0.05, 0.1) is 25.4 Å². The van der Waals surface area contributed by atoms with Gasteiger partial charge < -0.3 is 24.2 Å². The first-order valence-electron chi connectivity index (χ1n) is 9.12. The number of carbonyl (C=O) groups is 1. The highest BCUT2D eigenvalue weighted by Gasteiger charge is 2.37. The van der Waals surface area contributed by atoms with E-state index >= 15 is 0 Å². The molecule has 2 fully saturated rings. The summed E-state index contributed by atoms with van der Waals surface area (Å²) in [6, 6.07) is 9.82. The van der Waals surface area contributed by atoms with Crippen molar-refractivity contribution in [2.24, 2.45) is 0 Å². The zero-order valence-electron chi connectivity index (χ0n) is 14.5. The third-order valence-electron chi connectivity index (χ3n) is 4.87. The predicted octanol–water partition coefficient (Wildman–Crippen LogP) is 2.91. The van der Waals surface area contributed by atoms with Gasteiger partial charge in [0.15, 0.2) is 6.29 Å². The van der Waals surface area contributed by atoms with Gasteiger partial charge in [-0.25, -0.2) is 4.79 Å². The average molecular weight is 349 g/mol. The van der Waals surface area contributed by atoms with Crippen LogP contribution in [0.5, 0.6) is 0 Å². The number of ether oxygens (including phenoxy) is 3. The molecule has 1 aromatic carbocycles. The Morgan fingerprint density at radius 1 is 1.16 bits per heavy atom. The summed E-state index contributed by atoms with van der Waals surface area (Å²) in [5, 5.41) is 9.45. The van der Waals surface area contributed by atoms with Crippen LogP contribution in [0.2, 0.25) is 0 Å². The molecule has 2 heterocycles. The fraction of sp³-hybridized carbons (Fsp3) is 0.632. The third-order valence-corrected chi connectivity index (χ3v) is 4.87. The quantitative estimate of drug-likeness (QED) is 0.767. The van der Waals surface area contributed by atoms with E-state index in [1.54, 1.807) is 0 Å². The largest absolute Gasteiger partial charge is 0.465 e. The number of benzene rings is 1. The number of hydrogen-bond acceptors (Lipinski definition) is 4. The van der Waals surface area contributed by atoms with Crippen molar-refractivity contribution in [3.63, 3.8) is 0 Å². The lowest BCUT2D eigenvalue weighted by atomic mass is 10.0. The van der Waals surface area contributed by atoms with E-state index in [0.717, 1.165) is 37.9 Å². The number of carboxylic acid groups (broad SMARTS) is 1. The molecule has 3 atom stereocenters. The van der Waals surface area contributed by atoms with Gasteiger partial charge >= 0.3 is 6.09 Å². The summed E-state index contributed by atoms with van der Waals surface area (Å²) in [5.74, 6) is 0. The van der Waals surface area contributed by atoms with E-state index in [1.807, 2.05) is 30.3 Å². The van der Waals surface area contributed by atoms with Crippen LogP contribution in [0.3, 0.4) is 0 Å².